The summed E-state index contributed by atoms with van der Waals surface area (Å²) in [5.74, 6) is -1.03. The van der Waals surface area contributed by atoms with Crippen molar-refractivity contribution in [1.82, 2.24) is 30.5 Å². The van der Waals surface area contributed by atoms with Crippen LogP contribution in [0.2, 0.25) is 0 Å². The molecular weight excluding hydrogens is 500 g/mol. The fraction of sp³-hybridized carbons (Fsp3) is 0.214. The second-order valence-electron chi connectivity index (χ2n) is 8.94. The minimum Gasteiger partial charge on any atom is -0.469 e. The molecule has 11 heteroatoms. The smallest absolute Gasteiger partial charge is 0.328 e. The Kier molecular flexibility index (Phi) is 7.30. The largest absolute Gasteiger partial charge is 0.469 e. The molecular formula is C28H26N6O5. The van der Waals surface area contributed by atoms with E-state index in [0.29, 0.717) is 17.9 Å². The van der Waals surface area contributed by atoms with Crippen molar-refractivity contribution >= 4 is 39.7 Å². The maximum atomic E-state index is 13.1. The third-order valence-electron chi connectivity index (χ3n) is 6.56. The summed E-state index contributed by atoms with van der Waals surface area (Å²) in [5.41, 5.74) is 4.20. The van der Waals surface area contributed by atoms with Gasteiger partial charge in [0.15, 0.2) is 0 Å². The highest BCUT2D eigenvalue weighted by atomic mass is 16.5. The minimum atomic E-state index is -0.976. The molecule has 0 aliphatic rings. The second-order valence-corrected chi connectivity index (χ2v) is 8.94. The van der Waals surface area contributed by atoms with Gasteiger partial charge in [-0.25, -0.2) is 4.79 Å². The molecule has 2 N–H and O–H groups in total. The van der Waals surface area contributed by atoms with Crippen molar-refractivity contribution in [1.29, 1.82) is 0 Å². The first kappa shape index (κ1) is 25.6. The molecule has 0 spiro atoms. The number of rotatable bonds is 9. The van der Waals surface area contributed by atoms with Crippen molar-refractivity contribution < 1.29 is 23.9 Å². The molecule has 0 aliphatic carbocycles. The summed E-state index contributed by atoms with van der Waals surface area (Å²) >= 11 is 0. The number of amides is 1. The summed E-state index contributed by atoms with van der Waals surface area (Å²) in [6.07, 6.45) is 0.0385. The van der Waals surface area contributed by atoms with E-state index in [4.69, 9.17) is 4.74 Å². The van der Waals surface area contributed by atoms with E-state index in [1.165, 1.54) is 14.2 Å². The monoisotopic (exact) mass is 526 g/mol. The number of H-pyrrole nitrogens is 1. The van der Waals surface area contributed by atoms with Crippen LogP contribution in [0.3, 0.4) is 0 Å². The molecule has 5 rings (SSSR count). The van der Waals surface area contributed by atoms with Gasteiger partial charge in [-0.05, 0) is 53.6 Å². The summed E-state index contributed by atoms with van der Waals surface area (Å²) in [5, 5.41) is 19.1. The number of esters is 2. The Hall–Kier alpha value is -5.06. The number of aromatic nitrogens is 5. The summed E-state index contributed by atoms with van der Waals surface area (Å²) in [6.45, 7) is 0.509. The van der Waals surface area contributed by atoms with Crippen molar-refractivity contribution in [3.63, 3.8) is 0 Å². The van der Waals surface area contributed by atoms with E-state index < -0.39 is 23.9 Å². The molecule has 11 nitrogen and oxygen atoms in total. The lowest BCUT2D eigenvalue weighted by molar-refractivity contribution is -0.144. The van der Waals surface area contributed by atoms with Crippen LogP contribution in [-0.2, 0) is 25.6 Å². The van der Waals surface area contributed by atoms with Gasteiger partial charge >= 0.3 is 11.9 Å². The predicted molar refractivity (Wildman–Crippen MR) is 143 cm³/mol. The van der Waals surface area contributed by atoms with Gasteiger partial charge in [0.25, 0.3) is 5.91 Å². The maximum absolute atomic E-state index is 13.1. The zero-order valence-electron chi connectivity index (χ0n) is 21.4. The zero-order chi connectivity index (χ0) is 27.4. The van der Waals surface area contributed by atoms with Gasteiger partial charge in [0.05, 0.1) is 14.2 Å². The Morgan fingerprint density at radius 2 is 1.77 bits per heavy atom. The van der Waals surface area contributed by atoms with E-state index in [1.807, 2.05) is 36.4 Å². The Balaban J connectivity index is 1.43. The zero-order valence-corrected chi connectivity index (χ0v) is 21.4. The molecule has 198 valence electrons. The molecule has 2 heterocycles. The minimum absolute atomic E-state index is 0.0290. The Morgan fingerprint density at radius 3 is 2.54 bits per heavy atom. The second kappa shape index (κ2) is 11.1. The van der Waals surface area contributed by atoms with E-state index >= 15 is 0 Å². The van der Waals surface area contributed by atoms with E-state index in [9.17, 15) is 14.4 Å². The number of methoxy groups -OCH3 is 2. The number of carbonyl (C=O) groups excluding carboxylic acids is 3. The van der Waals surface area contributed by atoms with Crippen molar-refractivity contribution in [3.8, 4) is 11.4 Å². The van der Waals surface area contributed by atoms with Crippen LogP contribution in [0, 0.1) is 0 Å². The van der Waals surface area contributed by atoms with Gasteiger partial charge < -0.3 is 19.4 Å². The lowest BCUT2D eigenvalue weighted by Crippen LogP contribution is -2.41. The summed E-state index contributed by atoms with van der Waals surface area (Å²) in [4.78, 5) is 36.8. The summed E-state index contributed by atoms with van der Waals surface area (Å²) < 4.78 is 11.6. The highest BCUT2D eigenvalue weighted by molar-refractivity contribution is 6.09. The molecule has 0 fully saturated rings. The number of hydrogen-bond acceptors (Lipinski definition) is 8. The van der Waals surface area contributed by atoms with Crippen LogP contribution in [-0.4, -0.2) is 63.3 Å². The topological polar surface area (TPSA) is 141 Å². The number of benzene rings is 3. The van der Waals surface area contributed by atoms with Crippen LogP contribution in [0.15, 0.2) is 66.7 Å². The quantitative estimate of drug-likeness (QED) is 0.279. The Bertz CT molecular complexity index is 1660. The highest BCUT2D eigenvalue weighted by Gasteiger charge is 2.23. The summed E-state index contributed by atoms with van der Waals surface area (Å²) in [7, 11) is 2.50. The first-order chi connectivity index (χ1) is 19.0. The van der Waals surface area contributed by atoms with Crippen LogP contribution in [0.5, 0.6) is 0 Å². The number of fused-ring (bicyclic) bond motifs is 3. The summed E-state index contributed by atoms with van der Waals surface area (Å²) in [6, 6.07) is 20.4. The standard InChI is InChI=1S/C28H26N6O5/c1-38-25(35)13-11-22(28(37)39-2)29-27(36)19-7-5-6-17(14-19)16-34-23-9-4-3-8-20(23)21-15-18(10-12-24(21)34)26-30-32-33-31-26/h3-10,12,14-15,22H,11,13,16H2,1-2H3,(H,29,36)(H,30,31,32,33)/t22-/m0/s1. The molecule has 39 heavy (non-hydrogen) atoms. The fourth-order valence-electron chi connectivity index (χ4n) is 4.64. The van der Waals surface area contributed by atoms with E-state index in [-0.39, 0.29) is 12.8 Å². The highest BCUT2D eigenvalue weighted by Crippen LogP contribution is 2.32. The first-order valence-electron chi connectivity index (χ1n) is 12.3. The Morgan fingerprint density at radius 1 is 0.949 bits per heavy atom. The number of nitrogens with one attached hydrogen (secondary N) is 2. The maximum Gasteiger partial charge on any atom is 0.328 e. The average Bonchev–Trinajstić information content (AvgIpc) is 3.62. The van der Waals surface area contributed by atoms with Gasteiger partial charge in [-0.15, -0.1) is 10.2 Å². The van der Waals surface area contributed by atoms with Gasteiger partial charge in [-0.2, -0.15) is 5.21 Å². The van der Waals surface area contributed by atoms with Gasteiger partial charge in [-0.1, -0.05) is 30.3 Å². The van der Waals surface area contributed by atoms with Crippen molar-refractivity contribution in [3.05, 3.63) is 77.9 Å². The van der Waals surface area contributed by atoms with Gasteiger partial charge in [0.1, 0.15) is 6.04 Å². The lowest BCUT2D eigenvalue weighted by Gasteiger charge is -2.16. The molecule has 0 aliphatic heterocycles. The van der Waals surface area contributed by atoms with Crippen LogP contribution < -0.4 is 5.32 Å². The van der Waals surface area contributed by atoms with Crippen LogP contribution in [0.4, 0.5) is 0 Å². The lowest BCUT2D eigenvalue weighted by atomic mass is 10.1. The third-order valence-corrected chi connectivity index (χ3v) is 6.56. The van der Waals surface area contributed by atoms with Gasteiger partial charge in [-0.3, -0.25) is 9.59 Å². The normalized spacial score (nSPS) is 11.8. The van der Waals surface area contributed by atoms with Gasteiger partial charge in [0, 0.05) is 45.9 Å². The number of para-hydroxylation sites is 1. The van der Waals surface area contributed by atoms with Crippen molar-refractivity contribution in [2.75, 3.05) is 14.2 Å². The number of hydrogen-bond donors (Lipinski definition) is 2. The molecule has 0 radical (unpaired) electrons. The fourth-order valence-corrected chi connectivity index (χ4v) is 4.64. The SMILES string of the molecule is COC(=O)CC[C@H](NC(=O)c1cccc(Cn2c3ccccc3c3cc(-c4nn[nH]n4)ccc32)c1)C(=O)OC. The van der Waals surface area contributed by atoms with E-state index in [0.717, 1.165) is 32.9 Å². The van der Waals surface area contributed by atoms with E-state index in [1.54, 1.807) is 18.2 Å². The van der Waals surface area contributed by atoms with Gasteiger partial charge in [0.2, 0.25) is 5.82 Å². The van der Waals surface area contributed by atoms with Crippen LogP contribution in [0.25, 0.3) is 33.2 Å². The van der Waals surface area contributed by atoms with Crippen molar-refractivity contribution in [2.24, 2.45) is 0 Å². The molecule has 0 bridgehead atoms. The predicted octanol–water partition coefficient (Wildman–Crippen LogP) is 3.25. The molecule has 2 aromatic heterocycles. The van der Waals surface area contributed by atoms with Crippen LogP contribution in [0.1, 0.15) is 28.8 Å². The number of nitrogens with zero attached hydrogens (tertiary/aromatic N) is 4. The molecule has 1 atom stereocenters. The molecule has 0 saturated heterocycles. The van der Waals surface area contributed by atoms with Crippen LogP contribution >= 0.6 is 0 Å². The third kappa shape index (κ3) is 5.33. The molecule has 0 saturated carbocycles. The molecule has 5 aromatic rings. The van der Waals surface area contributed by atoms with Crippen molar-refractivity contribution in [2.45, 2.75) is 25.4 Å². The number of carbonyl (C=O) groups is 3. The number of tetrazole rings is 1. The number of ether oxygens (including phenoxy) is 2. The first-order valence-corrected chi connectivity index (χ1v) is 12.3. The molecule has 3 aromatic carbocycles. The molecule has 1 amide bonds. The number of aromatic amines is 1. The van der Waals surface area contributed by atoms with E-state index in [2.05, 4.69) is 47.4 Å². The molecule has 0 unspecified atom stereocenters. The Labute approximate surface area is 223 Å². The average molecular weight is 527 g/mol.